The molecule has 12 heteroatoms. The molecule has 2 aromatic carbocycles. The number of carbonyl (C=O) groups is 3. The molecule has 3 aromatic heterocycles. The van der Waals surface area contributed by atoms with Gasteiger partial charge in [-0.15, -0.1) is 0 Å². The molecular weight excluding hydrogens is 632 g/mol. The molecule has 1 aliphatic heterocycles. The first kappa shape index (κ1) is 32.5. The van der Waals surface area contributed by atoms with Crippen molar-refractivity contribution in [3.63, 3.8) is 0 Å². The van der Waals surface area contributed by atoms with E-state index in [0.717, 1.165) is 22.5 Å². The highest BCUT2D eigenvalue weighted by Gasteiger charge is 2.49. The van der Waals surface area contributed by atoms with Gasteiger partial charge < -0.3 is 23.7 Å². The van der Waals surface area contributed by atoms with Gasteiger partial charge in [0.25, 0.3) is 5.78 Å². The number of rotatable bonds is 10. The number of imidazole rings is 1. The van der Waals surface area contributed by atoms with Crippen molar-refractivity contribution in [2.75, 3.05) is 18.1 Å². The predicted molar refractivity (Wildman–Crippen MR) is 181 cm³/mol. The minimum atomic E-state index is -1.14. The Morgan fingerprint density at radius 1 is 0.938 bits per heavy atom. The standard InChI is InChI=1S/C36H34N4O7S/c1-6-45-26-18-24(15-16-25(26)47-19-23-13-9-8-10-14-23)29-27(30(41)28-22(5)39-17-11-12-20(3)33(39)38-28)31(42)34(43)40(29)36-37-21(4)32(48-36)35(44)46-7-2/h8-18,29,41H,6-7,19H2,1-5H3/b30-27+. The molecule has 0 radical (unpaired) electrons. The summed E-state index contributed by atoms with van der Waals surface area (Å²) in [5.41, 5.74) is 3.83. The molecule has 0 aliphatic carbocycles. The number of amides is 1. The van der Waals surface area contributed by atoms with E-state index in [-0.39, 0.29) is 27.9 Å². The fraction of sp³-hybridized carbons (Fsp3) is 0.250. The summed E-state index contributed by atoms with van der Waals surface area (Å²) in [4.78, 5) is 51.1. The van der Waals surface area contributed by atoms with Crippen LogP contribution in [0.1, 0.15) is 63.3 Å². The molecule has 1 saturated heterocycles. The number of aliphatic hydroxyl groups excluding tert-OH is 1. The number of hydrogen-bond acceptors (Lipinski definition) is 10. The number of ether oxygens (including phenoxy) is 3. The molecule has 1 amide bonds. The summed E-state index contributed by atoms with van der Waals surface area (Å²) in [6.07, 6.45) is 1.81. The van der Waals surface area contributed by atoms with Gasteiger partial charge in [-0.25, -0.2) is 14.8 Å². The number of fused-ring (bicyclic) bond motifs is 1. The van der Waals surface area contributed by atoms with Crippen LogP contribution in [-0.4, -0.2) is 50.3 Å². The summed E-state index contributed by atoms with van der Waals surface area (Å²) < 4.78 is 19.1. The topological polar surface area (TPSA) is 133 Å². The van der Waals surface area contributed by atoms with Crippen molar-refractivity contribution in [2.45, 2.75) is 47.3 Å². The van der Waals surface area contributed by atoms with Crippen LogP contribution in [-0.2, 0) is 20.9 Å². The smallest absolute Gasteiger partial charge is 0.350 e. The monoisotopic (exact) mass is 666 g/mol. The van der Waals surface area contributed by atoms with Crippen molar-refractivity contribution in [1.82, 2.24) is 14.4 Å². The van der Waals surface area contributed by atoms with Crippen LogP contribution >= 0.6 is 11.3 Å². The van der Waals surface area contributed by atoms with Gasteiger partial charge in [0.1, 0.15) is 22.8 Å². The number of aliphatic hydroxyl groups is 1. The Kier molecular flexibility index (Phi) is 9.01. The van der Waals surface area contributed by atoms with Crippen molar-refractivity contribution in [3.05, 3.63) is 111 Å². The van der Waals surface area contributed by atoms with Gasteiger partial charge in [-0.2, -0.15) is 0 Å². The second-order valence-corrected chi connectivity index (χ2v) is 12.1. The zero-order valence-corrected chi connectivity index (χ0v) is 28.0. The number of ketones is 1. The highest BCUT2D eigenvalue weighted by atomic mass is 32.1. The Morgan fingerprint density at radius 3 is 2.42 bits per heavy atom. The van der Waals surface area contributed by atoms with E-state index in [2.05, 4.69) is 9.97 Å². The molecular formula is C36H34N4O7S. The summed E-state index contributed by atoms with van der Waals surface area (Å²) in [7, 11) is 0. The average molecular weight is 667 g/mol. The van der Waals surface area contributed by atoms with Gasteiger partial charge in [-0.05, 0) is 69.5 Å². The number of esters is 1. The normalized spacial score (nSPS) is 15.7. The molecule has 0 bridgehead atoms. The quantitative estimate of drug-likeness (QED) is 0.0768. The van der Waals surface area contributed by atoms with Gasteiger partial charge in [-0.3, -0.25) is 14.5 Å². The summed E-state index contributed by atoms with van der Waals surface area (Å²) in [5.74, 6) is -1.99. The maximum absolute atomic E-state index is 13.9. The Balaban J connectivity index is 1.52. The number of pyridine rings is 1. The van der Waals surface area contributed by atoms with Crippen LogP contribution in [0.3, 0.4) is 0 Å². The second kappa shape index (κ2) is 13.3. The number of benzene rings is 2. The second-order valence-electron chi connectivity index (χ2n) is 11.1. The molecule has 0 spiro atoms. The number of carbonyl (C=O) groups excluding carboxylic acids is 3. The summed E-state index contributed by atoms with van der Waals surface area (Å²) in [6, 6.07) is 17.4. The number of anilines is 1. The maximum atomic E-state index is 13.9. The third kappa shape index (κ3) is 5.79. The van der Waals surface area contributed by atoms with E-state index in [9.17, 15) is 19.5 Å². The summed E-state index contributed by atoms with van der Waals surface area (Å²) in [5, 5.41) is 12.0. The van der Waals surface area contributed by atoms with E-state index in [1.165, 1.54) is 4.90 Å². The minimum absolute atomic E-state index is 0.103. The average Bonchev–Trinajstić information content (AvgIpc) is 3.72. The van der Waals surface area contributed by atoms with Crippen molar-refractivity contribution in [1.29, 1.82) is 0 Å². The molecule has 1 unspecified atom stereocenters. The number of aryl methyl sites for hydroxylation is 3. The van der Waals surface area contributed by atoms with Crippen molar-refractivity contribution >= 4 is 45.5 Å². The lowest BCUT2D eigenvalue weighted by Gasteiger charge is -2.24. The molecule has 11 nitrogen and oxygen atoms in total. The largest absolute Gasteiger partial charge is 0.505 e. The van der Waals surface area contributed by atoms with Gasteiger partial charge in [0.2, 0.25) is 0 Å². The van der Waals surface area contributed by atoms with Gasteiger partial charge in [-0.1, -0.05) is 53.8 Å². The van der Waals surface area contributed by atoms with E-state index in [0.29, 0.717) is 47.3 Å². The zero-order valence-electron chi connectivity index (χ0n) is 27.1. The van der Waals surface area contributed by atoms with E-state index >= 15 is 0 Å². The summed E-state index contributed by atoms with van der Waals surface area (Å²) >= 11 is 0.938. The zero-order chi connectivity index (χ0) is 34.1. The van der Waals surface area contributed by atoms with Gasteiger partial charge in [0, 0.05) is 6.20 Å². The van der Waals surface area contributed by atoms with E-state index < -0.39 is 29.5 Å². The number of aromatic nitrogens is 3. The molecule has 0 saturated carbocycles. The first-order valence-corrected chi connectivity index (χ1v) is 16.3. The molecule has 1 atom stereocenters. The Bertz CT molecular complexity index is 2080. The van der Waals surface area contributed by atoms with Crippen LogP contribution in [0.5, 0.6) is 11.5 Å². The van der Waals surface area contributed by atoms with Crippen molar-refractivity contribution in [2.24, 2.45) is 0 Å². The number of nitrogens with zero attached hydrogens (tertiary/aromatic N) is 4. The van der Waals surface area contributed by atoms with Crippen LogP contribution < -0.4 is 14.4 Å². The third-order valence-electron chi connectivity index (χ3n) is 8.03. The van der Waals surface area contributed by atoms with Crippen molar-refractivity contribution in [3.8, 4) is 11.5 Å². The molecule has 1 N–H and O–H groups in total. The highest BCUT2D eigenvalue weighted by Crippen LogP contribution is 2.46. The van der Waals surface area contributed by atoms with Crippen LogP contribution in [0, 0.1) is 20.8 Å². The molecule has 6 rings (SSSR count). The lowest BCUT2D eigenvalue weighted by molar-refractivity contribution is -0.132. The Hall–Kier alpha value is -5.49. The maximum Gasteiger partial charge on any atom is 0.350 e. The fourth-order valence-electron chi connectivity index (χ4n) is 5.71. The number of hydrogen-bond donors (Lipinski definition) is 1. The van der Waals surface area contributed by atoms with E-state index in [4.69, 9.17) is 14.2 Å². The number of thiazole rings is 1. The third-order valence-corrected chi connectivity index (χ3v) is 9.16. The van der Waals surface area contributed by atoms with Gasteiger partial charge in [0.15, 0.2) is 22.4 Å². The van der Waals surface area contributed by atoms with Crippen molar-refractivity contribution < 1.29 is 33.7 Å². The molecule has 1 fully saturated rings. The SMILES string of the molecule is CCOC(=O)c1sc(N2C(=O)C(=O)/C(=C(/O)c3nc4c(C)cccn4c3C)C2c2ccc(OCc3ccccc3)c(OCC)c2)nc1C. The molecule has 246 valence electrons. The molecule has 1 aliphatic rings. The molecule has 4 heterocycles. The van der Waals surface area contributed by atoms with Crippen LogP contribution in [0.4, 0.5) is 5.13 Å². The van der Waals surface area contributed by atoms with Crippen LogP contribution in [0.25, 0.3) is 11.4 Å². The van der Waals surface area contributed by atoms with Crippen LogP contribution in [0.2, 0.25) is 0 Å². The first-order chi connectivity index (χ1) is 23.1. The predicted octanol–water partition coefficient (Wildman–Crippen LogP) is 6.50. The van der Waals surface area contributed by atoms with E-state index in [1.54, 1.807) is 39.0 Å². The highest BCUT2D eigenvalue weighted by molar-refractivity contribution is 7.17. The lowest BCUT2D eigenvalue weighted by atomic mass is 9.96. The Morgan fingerprint density at radius 2 is 1.71 bits per heavy atom. The van der Waals surface area contributed by atoms with E-state index in [1.807, 2.05) is 66.9 Å². The van der Waals surface area contributed by atoms with Gasteiger partial charge >= 0.3 is 11.9 Å². The molecule has 48 heavy (non-hydrogen) atoms. The molecule has 5 aromatic rings. The fourth-order valence-corrected chi connectivity index (χ4v) is 6.70. The van der Waals surface area contributed by atoms with Gasteiger partial charge in [0.05, 0.1) is 36.2 Å². The minimum Gasteiger partial charge on any atom is -0.505 e. The summed E-state index contributed by atoms with van der Waals surface area (Å²) in [6.45, 7) is 9.61. The lowest BCUT2D eigenvalue weighted by Crippen LogP contribution is -2.29. The van der Waals surface area contributed by atoms with Crippen LogP contribution in [0.15, 0.2) is 72.4 Å². The Labute approximate surface area is 281 Å². The first-order valence-electron chi connectivity index (χ1n) is 15.5. The number of Topliss-reactive ketones (excluding diaryl/α,β-unsaturated/α-hetero) is 1.